The third kappa shape index (κ3) is 4.14. The number of hydrogen-bond donors (Lipinski definition) is 2. The third-order valence-electron chi connectivity index (χ3n) is 4.87. The van der Waals surface area contributed by atoms with Crippen LogP contribution >= 0.6 is 15.9 Å². The first kappa shape index (κ1) is 17.4. The van der Waals surface area contributed by atoms with Gasteiger partial charge in [-0.2, -0.15) is 0 Å². The van der Waals surface area contributed by atoms with Crippen LogP contribution in [0.25, 0.3) is 0 Å². The monoisotopic (exact) mass is 402 g/mol. The second-order valence-corrected chi connectivity index (χ2v) is 9.08. The Morgan fingerprint density at radius 2 is 1.91 bits per heavy atom. The van der Waals surface area contributed by atoms with Gasteiger partial charge >= 0.3 is 0 Å². The molecule has 1 aromatic rings. The van der Waals surface area contributed by atoms with E-state index in [0.717, 1.165) is 49.7 Å². The topological polar surface area (TPSA) is 69.6 Å². The molecule has 0 spiro atoms. The molecule has 0 unspecified atom stereocenters. The van der Waals surface area contributed by atoms with E-state index in [1.54, 1.807) is 18.2 Å². The molecule has 1 heterocycles. The fraction of sp³-hybridized carbons (Fsp3) is 0.625. The van der Waals surface area contributed by atoms with E-state index >= 15 is 0 Å². The zero-order chi connectivity index (χ0) is 16.4. The first-order valence-electron chi connectivity index (χ1n) is 8.16. The van der Waals surface area contributed by atoms with Crippen LogP contribution < -0.4 is 4.72 Å². The number of nitrogens with one attached hydrogen (secondary N) is 1. The minimum atomic E-state index is -3.48. The average molecular weight is 403 g/mol. The van der Waals surface area contributed by atoms with Gasteiger partial charge in [-0.05, 0) is 50.3 Å². The van der Waals surface area contributed by atoms with Gasteiger partial charge in [-0.15, -0.1) is 0 Å². The minimum absolute atomic E-state index is 0.0335. The number of sulfonamides is 1. The maximum atomic E-state index is 12.5. The van der Waals surface area contributed by atoms with Crippen molar-refractivity contribution in [3.8, 4) is 0 Å². The van der Waals surface area contributed by atoms with Gasteiger partial charge in [-0.1, -0.05) is 22.0 Å². The van der Waals surface area contributed by atoms with Crippen molar-refractivity contribution in [2.75, 3.05) is 13.1 Å². The molecular formula is C16H23BrN2O3S. The highest BCUT2D eigenvalue weighted by molar-refractivity contribution is 9.10. The van der Waals surface area contributed by atoms with Crippen molar-refractivity contribution in [1.82, 2.24) is 9.62 Å². The largest absolute Gasteiger partial charge is 0.391 e. The van der Waals surface area contributed by atoms with Crippen LogP contribution in [-0.2, 0) is 10.0 Å². The summed E-state index contributed by atoms with van der Waals surface area (Å²) in [4.78, 5) is 2.61. The van der Waals surface area contributed by atoms with Crippen LogP contribution in [0.1, 0.15) is 32.1 Å². The van der Waals surface area contributed by atoms with Crippen molar-refractivity contribution in [3.05, 3.63) is 28.7 Å². The number of piperidine rings is 1. The van der Waals surface area contributed by atoms with Gasteiger partial charge in [-0.3, -0.25) is 4.90 Å². The molecule has 0 radical (unpaired) electrons. The SMILES string of the molecule is O=S(=O)(NC1CCN([C@H]2CCC[C@H]2O)CC1)c1cccc(Br)c1. The maximum Gasteiger partial charge on any atom is 0.240 e. The molecule has 23 heavy (non-hydrogen) atoms. The van der Waals surface area contributed by atoms with E-state index in [-0.39, 0.29) is 18.2 Å². The third-order valence-corrected chi connectivity index (χ3v) is 6.88. The summed E-state index contributed by atoms with van der Waals surface area (Å²) in [5.41, 5.74) is 0. The van der Waals surface area contributed by atoms with Crippen LogP contribution in [0.3, 0.4) is 0 Å². The van der Waals surface area contributed by atoms with E-state index in [2.05, 4.69) is 25.6 Å². The molecule has 1 aliphatic carbocycles. The predicted octanol–water partition coefficient (Wildman–Crippen LogP) is 2.11. The predicted molar refractivity (Wildman–Crippen MR) is 92.7 cm³/mol. The van der Waals surface area contributed by atoms with Gasteiger partial charge in [0.2, 0.25) is 10.0 Å². The van der Waals surface area contributed by atoms with Gasteiger partial charge < -0.3 is 5.11 Å². The Hall–Kier alpha value is -0.470. The molecule has 2 atom stereocenters. The summed E-state index contributed by atoms with van der Waals surface area (Å²) in [6, 6.07) is 6.99. The molecule has 1 aliphatic heterocycles. The Morgan fingerprint density at radius 1 is 1.17 bits per heavy atom. The molecule has 2 fully saturated rings. The molecule has 0 bridgehead atoms. The van der Waals surface area contributed by atoms with E-state index < -0.39 is 10.0 Å². The van der Waals surface area contributed by atoms with Crippen molar-refractivity contribution in [2.45, 2.75) is 55.2 Å². The van der Waals surface area contributed by atoms with E-state index in [0.29, 0.717) is 4.90 Å². The molecule has 0 amide bonds. The van der Waals surface area contributed by atoms with Gasteiger partial charge in [0.25, 0.3) is 0 Å². The Balaban J connectivity index is 1.58. The molecule has 1 saturated heterocycles. The number of rotatable bonds is 4. The number of aliphatic hydroxyl groups excluding tert-OH is 1. The highest BCUT2D eigenvalue weighted by Gasteiger charge is 2.33. The lowest BCUT2D eigenvalue weighted by atomic mass is 10.0. The summed E-state index contributed by atoms with van der Waals surface area (Å²) in [5, 5.41) is 10.0. The first-order valence-corrected chi connectivity index (χ1v) is 10.4. The van der Waals surface area contributed by atoms with E-state index in [1.807, 2.05) is 6.07 Å². The highest BCUT2D eigenvalue weighted by Crippen LogP contribution is 2.27. The summed E-state index contributed by atoms with van der Waals surface area (Å²) in [6.45, 7) is 1.68. The van der Waals surface area contributed by atoms with Crippen molar-refractivity contribution < 1.29 is 13.5 Å². The molecule has 1 saturated carbocycles. The lowest BCUT2D eigenvalue weighted by Crippen LogP contribution is -2.49. The second kappa shape index (κ2) is 7.19. The van der Waals surface area contributed by atoms with Crippen molar-refractivity contribution in [1.29, 1.82) is 0 Å². The van der Waals surface area contributed by atoms with Gasteiger partial charge in [0.15, 0.2) is 0 Å². The number of nitrogens with zero attached hydrogens (tertiary/aromatic N) is 1. The van der Waals surface area contributed by atoms with Crippen molar-refractivity contribution in [3.63, 3.8) is 0 Å². The van der Waals surface area contributed by atoms with E-state index in [9.17, 15) is 13.5 Å². The molecule has 2 aliphatic rings. The van der Waals surface area contributed by atoms with Crippen LogP contribution in [-0.4, -0.2) is 49.7 Å². The fourth-order valence-electron chi connectivity index (χ4n) is 3.62. The molecule has 3 rings (SSSR count). The minimum Gasteiger partial charge on any atom is -0.391 e. The number of likely N-dealkylation sites (tertiary alicyclic amines) is 1. The molecule has 128 valence electrons. The molecule has 0 aromatic heterocycles. The smallest absolute Gasteiger partial charge is 0.240 e. The Kier molecular flexibility index (Phi) is 5.42. The van der Waals surface area contributed by atoms with Crippen molar-refractivity contribution >= 4 is 26.0 Å². The van der Waals surface area contributed by atoms with Crippen LogP contribution in [0.4, 0.5) is 0 Å². The summed E-state index contributed by atoms with van der Waals surface area (Å²) >= 11 is 3.31. The lowest BCUT2D eigenvalue weighted by molar-refractivity contribution is 0.0545. The summed E-state index contributed by atoms with van der Waals surface area (Å²) < 4.78 is 28.5. The standard InChI is InChI=1S/C16H23BrN2O3S/c17-12-3-1-4-14(11-12)23(21,22)18-13-7-9-19(10-8-13)15-5-2-6-16(15)20/h1,3-4,11,13,15-16,18,20H,2,5-10H2/t15-,16+/m0/s1. The summed E-state index contributed by atoms with van der Waals surface area (Å²) in [6.07, 6.45) is 4.38. The van der Waals surface area contributed by atoms with Gasteiger partial charge in [0.1, 0.15) is 0 Å². The summed E-state index contributed by atoms with van der Waals surface area (Å²) in [5.74, 6) is 0. The highest BCUT2D eigenvalue weighted by atomic mass is 79.9. The van der Waals surface area contributed by atoms with Crippen LogP contribution in [0.2, 0.25) is 0 Å². The zero-order valence-corrected chi connectivity index (χ0v) is 15.4. The van der Waals surface area contributed by atoms with Crippen LogP contribution in [0.15, 0.2) is 33.6 Å². The van der Waals surface area contributed by atoms with Crippen molar-refractivity contribution in [2.24, 2.45) is 0 Å². The zero-order valence-electron chi connectivity index (χ0n) is 13.0. The number of hydrogen-bond acceptors (Lipinski definition) is 4. The Morgan fingerprint density at radius 3 is 2.52 bits per heavy atom. The van der Waals surface area contributed by atoms with Gasteiger partial charge in [0, 0.05) is 29.6 Å². The molecule has 7 heteroatoms. The molecule has 5 nitrogen and oxygen atoms in total. The van der Waals surface area contributed by atoms with E-state index in [1.165, 1.54) is 0 Å². The molecule has 2 N–H and O–H groups in total. The van der Waals surface area contributed by atoms with Crippen LogP contribution in [0, 0.1) is 0 Å². The normalized spacial score (nSPS) is 27.4. The number of benzene rings is 1. The quantitative estimate of drug-likeness (QED) is 0.808. The second-order valence-electron chi connectivity index (χ2n) is 6.45. The average Bonchev–Trinajstić information content (AvgIpc) is 2.94. The Labute approximate surface area is 146 Å². The summed E-state index contributed by atoms with van der Waals surface area (Å²) in [7, 11) is -3.48. The first-order chi connectivity index (χ1) is 11.0. The molecule has 1 aromatic carbocycles. The van der Waals surface area contributed by atoms with Gasteiger partial charge in [0.05, 0.1) is 11.0 Å². The van der Waals surface area contributed by atoms with E-state index in [4.69, 9.17) is 0 Å². The Bertz CT molecular complexity index is 644. The van der Waals surface area contributed by atoms with Gasteiger partial charge in [-0.25, -0.2) is 13.1 Å². The fourth-order valence-corrected chi connectivity index (χ4v) is 5.52. The lowest BCUT2D eigenvalue weighted by Gasteiger charge is -2.37. The number of halogens is 1. The molecular weight excluding hydrogens is 380 g/mol. The van der Waals surface area contributed by atoms with Crippen LogP contribution in [0.5, 0.6) is 0 Å². The maximum absolute atomic E-state index is 12.5. The number of aliphatic hydroxyl groups is 1.